The zero-order valence-corrected chi connectivity index (χ0v) is 21.0. The third-order valence-corrected chi connectivity index (χ3v) is 9.87. The SMILES string of the molecule is CC1CC2C3CCC4=CC(=O)C=CC4(C)C3(F)C(O)CC2(C)C1(O)C(=O)NCCOc1ccncc1. The van der Waals surface area contributed by atoms with Gasteiger partial charge in [0.15, 0.2) is 17.1 Å². The van der Waals surface area contributed by atoms with Crippen LogP contribution in [0.3, 0.4) is 0 Å². The molecule has 0 aromatic carbocycles. The van der Waals surface area contributed by atoms with E-state index in [1.807, 2.05) is 13.8 Å². The summed E-state index contributed by atoms with van der Waals surface area (Å²) in [6.07, 6.45) is 7.79. The number of hydrogen-bond acceptors (Lipinski definition) is 6. The number of amides is 1. The summed E-state index contributed by atoms with van der Waals surface area (Å²) in [7, 11) is 0. The van der Waals surface area contributed by atoms with Gasteiger partial charge in [0, 0.05) is 29.1 Å². The highest BCUT2D eigenvalue weighted by atomic mass is 19.1. The highest BCUT2D eigenvalue weighted by Gasteiger charge is 2.75. The predicted molar refractivity (Wildman–Crippen MR) is 131 cm³/mol. The Kier molecular flexibility index (Phi) is 5.91. The van der Waals surface area contributed by atoms with Crippen molar-refractivity contribution in [2.24, 2.45) is 28.6 Å². The van der Waals surface area contributed by atoms with Gasteiger partial charge in [0.25, 0.3) is 5.91 Å². The van der Waals surface area contributed by atoms with Crippen molar-refractivity contribution in [1.82, 2.24) is 10.3 Å². The van der Waals surface area contributed by atoms with Gasteiger partial charge in [0.1, 0.15) is 12.4 Å². The van der Waals surface area contributed by atoms with Crippen LogP contribution < -0.4 is 10.1 Å². The molecule has 7 nitrogen and oxygen atoms in total. The number of aromatic nitrogens is 1. The molecule has 8 atom stereocenters. The Morgan fingerprint density at radius 1 is 1.28 bits per heavy atom. The molecule has 0 bridgehead atoms. The number of carbonyl (C=O) groups excluding carboxylic acids is 2. The summed E-state index contributed by atoms with van der Waals surface area (Å²) in [5.41, 5.74) is -5.14. The van der Waals surface area contributed by atoms with Gasteiger partial charge in [-0.25, -0.2) is 4.39 Å². The molecule has 0 radical (unpaired) electrons. The van der Waals surface area contributed by atoms with E-state index in [0.717, 1.165) is 0 Å². The lowest BCUT2D eigenvalue weighted by Gasteiger charge is -2.62. The molecule has 194 valence electrons. The van der Waals surface area contributed by atoms with Gasteiger partial charge in [-0.3, -0.25) is 14.6 Å². The van der Waals surface area contributed by atoms with Gasteiger partial charge >= 0.3 is 0 Å². The number of carbonyl (C=O) groups is 2. The van der Waals surface area contributed by atoms with Crippen LogP contribution in [0.1, 0.15) is 46.5 Å². The Labute approximate surface area is 210 Å². The van der Waals surface area contributed by atoms with Gasteiger partial charge in [-0.1, -0.05) is 25.5 Å². The smallest absolute Gasteiger partial charge is 0.252 e. The van der Waals surface area contributed by atoms with Crippen molar-refractivity contribution < 1.29 is 28.9 Å². The van der Waals surface area contributed by atoms with E-state index in [1.54, 1.807) is 37.5 Å². The van der Waals surface area contributed by atoms with Crippen LogP contribution in [0.4, 0.5) is 4.39 Å². The van der Waals surface area contributed by atoms with Crippen molar-refractivity contribution in [1.29, 1.82) is 0 Å². The molecule has 0 spiro atoms. The average molecular weight is 499 g/mol. The molecule has 5 rings (SSSR count). The van der Waals surface area contributed by atoms with Crippen LogP contribution in [0.5, 0.6) is 5.75 Å². The van der Waals surface area contributed by atoms with Gasteiger partial charge in [-0.05, 0) is 68.7 Å². The van der Waals surface area contributed by atoms with Crippen LogP contribution in [0.2, 0.25) is 0 Å². The molecule has 4 aliphatic carbocycles. The number of alkyl halides is 1. The maximum atomic E-state index is 17.2. The van der Waals surface area contributed by atoms with Crippen LogP contribution in [0, 0.1) is 28.6 Å². The second kappa shape index (κ2) is 8.48. The number of nitrogens with one attached hydrogen (secondary N) is 1. The molecule has 3 N–H and O–H groups in total. The van der Waals surface area contributed by atoms with Crippen LogP contribution in [-0.4, -0.2) is 57.4 Å². The third-order valence-electron chi connectivity index (χ3n) is 9.87. The molecule has 3 fully saturated rings. The third kappa shape index (κ3) is 3.26. The molecule has 0 aliphatic heterocycles. The van der Waals surface area contributed by atoms with Crippen molar-refractivity contribution in [2.45, 2.75) is 63.8 Å². The first-order valence-electron chi connectivity index (χ1n) is 12.8. The Morgan fingerprint density at radius 2 is 2.00 bits per heavy atom. The minimum atomic E-state index is -1.99. The zero-order chi connectivity index (χ0) is 25.9. The Hall–Kier alpha value is -2.58. The first-order chi connectivity index (χ1) is 17.0. The van der Waals surface area contributed by atoms with Crippen LogP contribution in [-0.2, 0) is 9.59 Å². The van der Waals surface area contributed by atoms with Crippen molar-refractivity contribution in [3.8, 4) is 5.75 Å². The van der Waals surface area contributed by atoms with Gasteiger partial charge < -0.3 is 20.3 Å². The molecule has 1 amide bonds. The minimum absolute atomic E-state index is 0.0445. The van der Waals surface area contributed by atoms with Crippen LogP contribution in [0.25, 0.3) is 0 Å². The van der Waals surface area contributed by atoms with E-state index in [2.05, 4.69) is 10.3 Å². The number of nitrogens with zero attached hydrogens (tertiary/aromatic N) is 1. The number of fused-ring (bicyclic) bond motifs is 5. The van der Waals surface area contributed by atoms with Crippen LogP contribution >= 0.6 is 0 Å². The number of rotatable bonds is 5. The molecule has 8 heteroatoms. The Morgan fingerprint density at radius 3 is 2.72 bits per heavy atom. The number of ketones is 1. The summed E-state index contributed by atoms with van der Waals surface area (Å²) in [6.45, 7) is 5.83. The maximum absolute atomic E-state index is 17.2. The molecular weight excluding hydrogens is 463 g/mol. The molecule has 36 heavy (non-hydrogen) atoms. The number of aliphatic hydroxyl groups is 2. The summed E-state index contributed by atoms with van der Waals surface area (Å²) in [6, 6.07) is 3.44. The second-order valence-corrected chi connectivity index (χ2v) is 11.5. The average Bonchev–Trinajstić information content (AvgIpc) is 3.05. The highest BCUT2D eigenvalue weighted by Crippen LogP contribution is 2.70. The van der Waals surface area contributed by atoms with E-state index in [-0.39, 0.29) is 31.3 Å². The zero-order valence-electron chi connectivity index (χ0n) is 21.0. The molecule has 1 aromatic heterocycles. The summed E-state index contributed by atoms with van der Waals surface area (Å²) < 4.78 is 22.8. The number of hydrogen-bond donors (Lipinski definition) is 3. The van der Waals surface area contributed by atoms with Crippen LogP contribution in [0.15, 0.2) is 48.3 Å². The summed E-state index contributed by atoms with van der Waals surface area (Å²) in [4.78, 5) is 29.4. The maximum Gasteiger partial charge on any atom is 0.252 e. The minimum Gasteiger partial charge on any atom is -0.492 e. The number of allylic oxidation sites excluding steroid dienone is 4. The van der Waals surface area contributed by atoms with Gasteiger partial charge in [-0.15, -0.1) is 0 Å². The largest absolute Gasteiger partial charge is 0.492 e. The summed E-state index contributed by atoms with van der Waals surface area (Å²) in [5, 5.41) is 26.2. The van der Waals surface area contributed by atoms with E-state index < -0.39 is 45.9 Å². The van der Waals surface area contributed by atoms with Gasteiger partial charge in [0.2, 0.25) is 0 Å². The summed E-state index contributed by atoms with van der Waals surface area (Å²) >= 11 is 0. The standard InChI is InChI=1S/C28H35FN2O5/c1-17-14-22-21-5-4-18-15-19(32)6-9-25(18,2)27(21,29)23(33)16-26(22,3)28(17,35)24(34)31-12-13-36-20-7-10-30-11-8-20/h6-11,15,17,21-23,33,35H,4-5,12-14,16H2,1-3H3,(H,31,34). The molecule has 4 aliphatic rings. The van der Waals surface area contributed by atoms with E-state index in [4.69, 9.17) is 4.74 Å². The predicted octanol–water partition coefficient (Wildman–Crippen LogP) is 2.92. The highest BCUT2D eigenvalue weighted by molar-refractivity contribution is 6.01. The number of halogens is 1. The fourth-order valence-corrected chi connectivity index (χ4v) is 7.93. The summed E-state index contributed by atoms with van der Waals surface area (Å²) in [5.74, 6) is -1.31. The Bertz CT molecular complexity index is 1120. The molecule has 3 saturated carbocycles. The van der Waals surface area contributed by atoms with Crippen molar-refractivity contribution in [2.75, 3.05) is 13.2 Å². The second-order valence-electron chi connectivity index (χ2n) is 11.5. The van der Waals surface area contributed by atoms with Crippen molar-refractivity contribution >= 4 is 11.7 Å². The molecular formula is C28H35FN2O5. The normalized spacial score (nSPS) is 43.2. The topological polar surface area (TPSA) is 109 Å². The molecule has 1 aromatic rings. The lowest BCUT2D eigenvalue weighted by Crippen LogP contribution is -2.70. The fourth-order valence-electron chi connectivity index (χ4n) is 7.93. The number of pyridine rings is 1. The quantitative estimate of drug-likeness (QED) is 0.539. The number of ether oxygens (including phenoxy) is 1. The molecule has 8 unspecified atom stereocenters. The van der Waals surface area contributed by atoms with Crippen molar-refractivity contribution in [3.05, 3.63) is 48.3 Å². The van der Waals surface area contributed by atoms with Gasteiger partial charge in [0.05, 0.1) is 12.6 Å². The van der Waals surface area contributed by atoms with E-state index in [1.165, 1.54) is 12.2 Å². The fraction of sp³-hybridized carbons (Fsp3) is 0.607. The number of aliphatic hydroxyl groups excluding tert-OH is 1. The lowest BCUT2D eigenvalue weighted by molar-refractivity contribution is -0.219. The van der Waals surface area contributed by atoms with Crippen molar-refractivity contribution in [3.63, 3.8) is 0 Å². The Balaban J connectivity index is 1.38. The van der Waals surface area contributed by atoms with E-state index in [0.29, 0.717) is 30.6 Å². The van der Waals surface area contributed by atoms with E-state index >= 15 is 4.39 Å². The first-order valence-corrected chi connectivity index (χ1v) is 12.8. The molecule has 0 saturated heterocycles. The van der Waals surface area contributed by atoms with E-state index in [9.17, 15) is 19.8 Å². The first kappa shape index (κ1) is 25.1. The van der Waals surface area contributed by atoms with Gasteiger partial charge in [-0.2, -0.15) is 0 Å². The molecule has 1 heterocycles. The lowest BCUT2D eigenvalue weighted by atomic mass is 9.44. The monoisotopic (exact) mass is 498 g/mol.